The molecule has 1 aromatic rings. The van der Waals surface area contributed by atoms with Crippen LogP contribution in [0.5, 0.6) is 0 Å². The van der Waals surface area contributed by atoms with Crippen molar-refractivity contribution in [1.29, 1.82) is 0 Å². The summed E-state index contributed by atoms with van der Waals surface area (Å²) in [5.41, 5.74) is 1.29. The zero-order valence-electron chi connectivity index (χ0n) is 13.3. The van der Waals surface area contributed by atoms with Crippen molar-refractivity contribution in [3.05, 3.63) is 35.9 Å². The van der Waals surface area contributed by atoms with Crippen molar-refractivity contribution in [3.63, 3.8) is 0 Å². The summed E-state index contributed by atoms with van der Waals surface area (Å²) in [4.78, 5) is 2.24. The molecule has 2 bridgehead atoms. The zero-order valence-corrected chi connectivity index (χ0v) is 14.1. The summed E-state index contributed by atoms with van der Waals surface area (Å²) in [5.74, 6) is 1.77. The number of nitrogens with zero attached hydrogens (tertiary/aromatic N) is 1. The summed E-state index contributed by atoms with van der Waals surface area (Å²) in [6.07, 6.45) is 5.50. The maximum absolute atomic E-state index is 5.70. The standard InChI is InChI=1S/C18H26N2OS/c1-21-10-9-20(13-14-5-3-2-4-6-14)18(22)19-17-12-15-7-8-16(17)11-15/h2-6,15-17H,7-13H2,1H3,(H,19,22)/t15-,16+,17-/m0/s1. The van der Waals surface area contributed by atoms with Gasteiger partial charge in [-0.25, -0.2) is 0 Å². The number of fused-ring (bicyclic) bond motifs is 2. The summed E-state index contributed by atoms with van der Waals surface area (Å²) >= 11 is 5.70. The number of ether oxygens (including phenoxy) is 1. The van der Waals surface area contributed by atoms with Crippen LogP contribution in [0.3, 0.4) is 0 Å². The molecular weight excluding hydrogens is 292 g/mol. The van der Waals surface area contributed by atoms with Crippen molar-refractivity contribution < 1.29 is 4.74 Å². The van der Waals surface area contributed by atoms with Crippen molar-refractivity contribution in [2.75, 3.05) is 20.3 Å². The molecule has 2 saturated carbocycles. The smallest absolute Gasteiger partial charge is 0.169 e. The van der Waals surface area contributed by atoms with Gasteiger partial charge in [-0.3, -0.25) is 0 Å². The van der Waals surface area contributed by atoms with Crippen molar-refractivity contribution in [3.8, 4) is 0 Å². The molecule has 0 radical (unpaired) electrons. The highest BCUT2D eigenvalue weighted by atomic mass is 32.1. The van der Waals surface area contributed by atoms with Gasteiger partial charge in [-0.2, -0.15) is 0 Å². The highest BCUT2D eigenvalue weighted by Gasteiger charge is 2.39. The molecule has 3 atom stereocenters. The van der Waals surface area contributed by atoms with E-state index in [4.69, 9.17) is 17.0 Å². The van der Waals surface area contributed by atoms with Crippen LogP contribution in [0, 0.1) is 11.8 Å². The van der Waals surface area contributed by atoms with E-state index in [9.17, 15) is 0 Å². The molecule has 22 heavy (non-hydrogen) atoms. The number of hydrogen-bond acceptors (Lipinski definition) is 2. The van der Waals surface area contributed by atoms with E-state index in [0.717, 1.165) is 30.0 Å². The first kappa shape index (κ1) is 15.8. The monoisotopic (exact) mass is 318 g/mol. The number of rotatable bonds is 6. The summed E-state index contributed by atoms with van der Waals surface area (Å²) in [6, 6.07) is 11.1. The third kappa shape index (κ3) is 3.79. The van der Waals surface area contributed by atoms with E-state index in [1.54, 1.807) is 7.11 Å². The van der Waals surface area contributed by atoms with Gasteiger partial charge in [0.05, 0.1) is 6.61 Å². The average Bonchev–Trinajstić information content (AvgIpc) is 3.15. The van der Waals surface area contributed by atoms with Crippen molar-refractivity contribution in [1.82, 2.24) is 10.2 Å². The summed E-state index contributed by atoms with van der Waals surface area (Å²) in [6.45, 7) is 2.38. The topological polar surface area (TPSA) is 24.5 Å². The zero-order chi connectivity index (χ0) is 15.4. The fourth-order valence-electron chi connectivity index (χ4n) is 3.93. The predicted octanol–water partition coefficient (Wildman–Crippen LogP) is 3.20. The quantitative estimate of drug-likeness (QED) is 0.814. The third-order valence-electron chi connectivity index (χ3n) is 5.12. The Morgan fingerprint density at radius 2 is 2.09 bits per heavy atom. The Kier molecular flexibility index (Phi) is 5.32. The number of nitrogens with one attached hydrogen (secondary N) is 1. The summed E-state index contributed by atoms with van der Waals surface area (Å²) in [7, 11) is 1.74. The third-order valence-corrected chi connectivity index (χ3v) is 5.49. The summed E-state index contributed by atoms with van der Waals surface area (Å²) < 4.78 is 5.25. The van der Waals surface area contributed by atoms with Crippen LogP contribution in [0.4, 0.5) is 0 Å². The first-order valence-electron chi connectivity index (χ1n) is 8.34. The van der Waals surface area contributed by atoms with E-state index < -0.39 is 0 Å². The van der Waals surface area contributed by atoms with Gasteiger partial charge in [0, 0.05) is 26.2 Å². The molecule has 2 aliphatic carbocycles. The van der Waals surface area contributed by atoms with Crippen LogP contribution in [0.15, 0.2) is 30.3 Å². The van der Waals surface area contributed by atoms with E-state index in [1.807, 2.05) is 0 Å². The number of hydrogen-bond donors (Lipinski definition) is 1. The lowest BCUT2D eigenvalue weighted by Crippen LogP contribution is -2.47. The lowest BCUT2D eigenvalue weighted by Gasteiger charge is -2.31. The summed E-state index contributed by atoms with van der Waals surface area (Å²) in [5, 5.41) is 4.53. The van der Waals surface area contributed by atoms with Gasteiger partial charge in [-0.15, -0.1) is 0 Å². The fraction of sp³-hybridized carbons (Fsp3) is 0.611. The second kappa shape index (κ2) is 7.42. The Bertz CT molecular complexity index is 493. The molecule has 0 unspecified atom stereocenters. The van der Waals surface area contributed by atoms with E-state index in [0.29, 0.717) is 12.6 Å². The Hall–Kier alpha value is -1.13. The fourth-order valence-corrected chi connectivity index (χ4v) is 4.24. The predicted molar refractivity (Wildman–Crippen MR) is 93.7 cm³/mol. The molecule has 3 nitrogen and oxygen atoms in total. The first-order chi connectivity index (χ1) is 10.8. The Morgan fingerprint density at radius 3 is 2.73 bits per heavy atom. The molecule has 0 heterocycles. The molecule has 3 rings (SSSR count). The van der Waals surface area contributed by atoms with Crippen LogP contribution in [-0.4, -0.2) is 36.3 Å². The van der Waals surface area contributed by atoms with Crippen LogP contribution in [0.2, 0.25) is 0 Å². The first-order valence-corrected chi connectivity index (χ1v) is 8.75. The van der Waals surface area contributed by atoms with Crippen molar-refractivity contribution in [2.24, 2.45) is 11.8 Å². The average molecular weight is 318 g/mol. The lowest BCUT2D eigenvalue weighted by molar-refractivity contribution is 0.173. The minimum absolute atomic E-state index is 0.590. The van der Waals surface area contributed by atoms with Gasteiger partial charge in [-0.05, 0) is 48.9 Å². The number of thiocarbonyl (C=S) groups is 1. The molecule has 4 heteroatoms. The van der Waals surface area contributed by atoms with Crippen LogP contribution in [0.1, 0.15) is 31.2 Å². The van der Waals surface area contributed by atoms with Gasteiger partial charge < -0.3 is 15.0 Å². The lowest BCUT2D eigenvalue weighted by atomic mass is 9.95. The molecule has 2 fully saturated rings. The highest BCUT2D eigenvalue weighted by Crippen LogP contribution is 2.44. The molecule has 120 valence electrons. The van der Waals surface area contributed by atoms with E-state index >= 15 is 0 Å². The molecule has 0 aliphatic heterocycles. The second-order valence-corrected chi connectivity index (χ2v) is 7.02. The highest BCUT2D eigenvalue weighted by molar-refractivity contribution is 7.80. The van der Waals surface area contributed by atoms with Crippen molar-refractivity contribution in [2.45, 2.75) is 38.3 Å². The van der Waals surface area contributed by atoms with Crippen LogP contribution >= 0.6 is 12.2 Å². The van der Waals surface area contributed by atoms with Gasteiger partial charge in [0.15, 0.2) is 5.11 Å². The minimum atomic E-state index is 0.590. The largest absolute Gasteiger partial charge is 0.383 e. The van der Waals surface area contributed by atoms with Crippen molar-refractivity contribution >= 4 is 17.3 Å². The number of benzene rings is 1. The van der Waals surface area contributed by atoms with Gasteiger partial charge in [-0.1, -0.05) is 36.8 Å². The molecule has 0 amide bonds. The molecule has 1 aromatic carbocycles. The molecule has 0 aromatic heterocycles. The van der Waals surface area contributed by atoms with E-state index in [-0.39, 0.29) is 0 Å². The molecule has 2 aliphatic rings. The van der Waals surface area contributed by atoms with Crippen LogP contribution < -0.4 is 5.32 Å². The minimum Gasteiger partial charge on any atom is -0.383 e. The van der Waals surface area contributed by atoms with Gasteiger partial charge >= 0.3 is 0 Å². The Labute approximate surface area is 139 Å². The Balaban J connectivity index is 1.59. The molecular formula is C18H26N2OS. The maximum atomic E-state index is 5.70. The maximum Gasteiger partial charge on any atom is 0.169 e. The molecule has 0 spiro atoms. The second-order valence-electron chi connectivity index (χ2n) is 6.63. The SMILES string of the molecule is COCCN(Cc1ccccc1)C(=S)N[C@H]1C[C@H]2CC[C@@H]1C2. The van der Waals surface area contributed by atoms with E-state index in [1.165, 1.54) is 31.2 Å². The van der Waals surface area contributed by atoms with Crippen LogP contribution in [0.25, 0.3) is 0 Å². The molecule has 1 N–H and O–H groups in total. The molecule has 0 saturated heterocycles. The number of methoxy groups -OCH3 is 1. The van der Waals surface area contributed by atoms with Gasteiger partial charge in [0.1, 0.15) is 0 Å². The Morgan fingerprint density at radius 1 is 1.27 bits per heavy atom. The normalized spacial score (nSPS) is 26.1. The van der Waals surface area contributed by atoms with Gasteiger partial charge in [0.25, 0.3) is 0 Å². The van der Waals surface area contributed by atoms with E-state index in [2.05, 4.69) is 40.5 Å². The van der Waals surface area contributed by atoms with Gasteiger partial charge in [0.2, 0.25) is 0 Å². The van der Waals surface area contributed by atoms with Crippen LogP contribution in [-0.2, 0) is 11.3 Å².